The van der Waals surface area contributed by atoms with Crippen LogP contribution in [0.25, 0.3) is 10.9 Å². The van der Waals surface area contributed by atoms with Crippen molar-refractivity contribution in [1.29, 1.82) is 0 Å². The molecule has 0 radical (unpaired) electrons. The van der Waals surface area contributed by atoms with Crippen molar-refractivity contribution in [3.8, 4) is 5.75 Å². The van der Waals surface area contributed by atoms with Gasteiger partial charge < -0.3 is 10.5 Å². The van der Waals surface area contributed by atoms with Crippen LogP contribution in [0.2, 0.25) is 0 Å². The number of nitrogens with zero attached hydrogens (tertiary/aromatic N) is 1. The molecule has 0 fully saturated rings. The largest absolute Gasteiger partial charge is 0.493 e. The molecule has 0 saturated carbocycles. The first-order valence-electron chi connectivity index (χ1n) is 5.17. The molecule has 1 heterocycles. The molecule has 4 heteroatoms. The molecule has 0 aliphatic rings. The molecule has 0 amide bonds. The number of hydrogen-bond donors (Lipinski definition) is 1. The highest BCUT2D eigenvalue weighted by Gasteiger charge is 2.09. The van der Waals surface area contributed by atoms with Crippen molar-refractivity contribution in [3.63, 3.8) is 0 Å². The van der Waals surface area contributed by atoms with Gasteiger partial charge in [0.2, 0.25) is 0 Å². The van der Waals surface area contributed by atoms with Crippen molar-refractivity contribution in [2.75, 3.05) is 6.61 Å². The van der Waals surface area contributed by atoms with Crippen LogP contribution in [-0.4, -0.2) is 11.6 Å². The molecule has 1 aromatic carbocycles. The van der Waals surface area contributed by atoms with E-state index in [9.17, 15) is 4.39 Å². The van der Waals surface area contributed by atoms with Gasteiger partial charge in [-0.25, -0.2) is 9.37 Å². The van der Waals surface area contributed by atoms with Gasteiger partial charge in [-0.1, -0.05) is 6.07 Å². The Bertz CT molecular complexity index is 514. The number of nitrogens with two attached hydrogens (primary N) is 1. The Labute approximate surface area is 93.0 Å². The maximum Gasteiger partial charge on any atom is 0.149 e. The molecule has 0 spiro atoms. The summed E-state index contributed by atoms with van der Waals surface area (Å²) in [6.07, 6.45) is 0. The maximum absolute atomic E-state index is 13.6. The average Bonchev–Trinajstić information content (AvgIpc) is 2.30. The zero-order valence-electron chi connectivity index (χ0n) is 9.03. The van der Waals surface area contributed by atoms with E-state index < -0.39 is 0 Å². The van der Waals surface area contributed by atoms with Crippen molar-refractivity contribution < 1.29 is 9.13 Å². The smallest absolute Gasteiger partial charge is 0.149 e. The van der Waals surface area contributed by atoms with Crippen LogP contribution in [-0.2, 0) is 6.54 Å². The minimum Gasteiger partial charge on any atom is -0.493 e. The molecule has 16 heavy (non-hydrogen) atoms. The molecule has 0 unspecified atom stereocenters. The van der Waals surface area contributed by atoms with Crippen LogP contribution in [0.3, 0.4) is 0 Å². The number of aromatic nitrogens is 1. The normalized spacial score (nSPS) is 10.7. The molecule has 3 nitrogen and oxygen atoms in total. The zero-order chi connectivity index (χ0) is 11.5. The first-order chi connectivity index (χ1) is 7.76. The Hall–Kier alpha value is -1.68. The molecule has 0 aliphatic carbocycles. The number of halogens is 1. The third-order valence-corrected chi connectivity index (χ3v) is 2.31. The lowest BCUT2D eigenvalue weighted by atomic mass is 10.1. The number of pyridine rings is 1. The van der Waals surface area contributed by atoms with Crippen molar-refractivity contribution in [2.45, 2.75) is 13.5 Å². The van der Waals surface area contributed by atoms with E-state index >= 15 is 0 Å². The lowest BCUT2D eigenvalue weighted by molar-refractivity contribution is 0.343. The van der Waals surface area contributed by atoms with Crippen molar-refractivity contribution >= 4 is 10.9 Å². The Morgan fingerprint density at radius 3 is 2.94 bits per heavy atom. The third kappa shape index (κ3) is 1.84. The van der Waals surface area contributed by atoms with Crippen molar-refractivity contribution in [3.05, 3.63) is 35.8 Å². The van der Waals surface area contributed by atoms with E-state index in [0.29, 0.717) is 29.0 Å². The molecule has 84 valence electrons. The molecular weight excluding hydrogens is 207 g/mol. The third-order valence-electron chi connectivity index (χ3n) is 2.31. The number of hydrogen-bond acceptors (Lipinski definition) is 3. The Balaban J connectivity index is 2.71. The van der Waals surface area contributed by atoms with Crippen LogP contribution in [0, 0.1) is 5.82 Å². The molecule has 0 bridgehead atoms. The number of para-hydroxylation sites is 1. The standard InChI is InChI=1S/C12H13FN2O/c1-2-16-11-6-8(7-14)15-12-9(11)4-3-5-10(12)13/h3-6H,2,7,14H2,1H3. The van der Waals surface area contributed by atoms with Gasteiger partial charge in [-0.05, 0) is 19.1 Å². The molecule has 2 rings (SSSR count). The van der Waals surface area contributed by atoms with Gasteiger partial charge in [-0.15, -0.1) is 0 Å². The van der Waals surface area contributed by atoms with Gasteiger partial charge in [-0.2, -0.15) is 0 Å². The number of fused-ring (bicyclic) bond motifs is 1. The summed E-state index contributed by atoms with van der Waals surface area (Å²) >= 11 is 0. The highest BCUT2D eigenvalue weighted by molar-refractivity contribution is 5.85. The Morgan fingerprint density at radius 1 is 1.44 bits per heavy atom. The van der Waals surface area contributed by atoms with Crippen LogP contribution >= 0.6 is 0 Å². The number of ether oxygens (including phenoxy) is 1. The van der Waals surface area contributed by atoms with Gasteiger partial charge in [0, 0.05) is 18.0 Å². The summed E-state index contributed by atoms with van der Waals surface area (Å²) < 4.78 is 19.0. The molecule has 0 aliphatic heterocycles. The second kappa shape index (κ2) is 4.45. The topological polar surface area (TPSA) is 48.1 Å². The monoisotopic (exact) mass is 220 g/mol. The molecule has 2 aromatic rings. The summed E-state index contributed by atoms with van der Waals surface area (Å²) in [5.41, 5.74) is 6.46. The van der Waals surface area contributed by atoms with Crippen LogP contribution in [0.5, 0.6) is 5.75 Å². The Kier molecular flexibility index (Phi) is 3.01. The second-order valence-electron chi connectivity index (χ2n) is 3.38. The fourth-order valence-electron chi connectivity index (χ4n) is 1.61. The van der Waals surface area contributed by atoms with Crippen LogP contribution in [0.1, 0.15) is 12.6 Å². The molecule has 0 saturated heterocycles. The summed E-state index contributed by atoms with van der Waals surface area (Å²) in [6.45, 7) is 2.68. The lowest BCUT2D eigenvalue weighted by Gasteiger charge is -2.09. The van der Waals surface area contributed by atoms with Gasteiger partial charge in [0.25, 0.3) is 0 Å². The van der Waals surface area contributed by atoms with E-state index in [0.717, 1.165) is 0 Å². The SMILES string of the molecule is CCOc1cc(CN)nc2c(F)cccc12. The minimum absolute atomic E-state index is 0.268. The van der Waals surface area contributed by atoms with Crippen LogP contribution in [0.4, 0.5) is 4.39 Å². The fraction of sp³-hybridized carbons (Fsp3) is 0.250. The summed E-state index contributed by atoms with van der Waals surface area (Å²) in [5, 5.41) is 0.680. The van der Waals surface area contributed by atoms with Gasteiger partial charge >= 0.3 is 0 Å². The number of benzene rings is 1. The van der Waals surface area contributed by atoms with E-state index in [1.165, 1.54) is 6.07 Å². The molecular formula is C12H13FN2O. The first-order valence-corrected chi connectivity index (χ1v) is 5.17. The van der Waals surface area contributed by atoms with Gasteiger partial charge in [0.05, 0.1) is 12.3 Å². The van der Waals surface area contributed by atoms with E-state index in [1.54, 1.807) is 18.2 Å². The summed E-state index contributed by atoms with van der Waals surface area (Å²) in [4.78, 5) is 4.16. The zero-order valence-corrected chi connectivity index (χ0v) is 9.03. The van der Waals surface area contributed by atoms with E-state index in [-0.39, 0.29) is 12.4 Å². The average molecular weight is 220 g/mol. The number of rotatable bonds is 3. The second-order valence-corrected chi connectivity index (χ2v) is 3.38. The predicted octanol–water partition coefficient (Wildman–Crippen LogP) is 2.23. The van der Waals surface area contributed by atoms with E-state index in [1.807, 2.05) is 6.92 Å². The van der Waals surface area contributed by atoms with Crippen LogP contribution in [0.15, 0.2) is 24.3 Å². The summed E-state index contributed by atoms with van der Waals surface area (Å²) in [6, 6.07) is 6.57. The molecule has 0 atom stereocenters. The predicted molar refractivity (Wildman–Crippen MR) is 60.8 cm³/mol. The van der Waals surface area contributed by atoms with Crippen LogP contribution < -0.4 is 10.5 Å². The summed E-state index contributed by atoms with van der Waals surface area (Å²) in [5.74, 6) is 0.279. The molecule has 2 N–H and O–H groups in total. The first kappa shape index (κ1) is 10.8. The van der Waals surface area contributed by atoms with Crippen molar-refractivity contribution in [1.82, 2.24) is 4.98 Å². The summed E-state index contributed by atoms with van der Waals surface area (Å²) in [7, 11) is 0. The highest BCUT2D eigenvalue weighted by Crippen LogP contribution is 2.27. The van der Waals surface area contributed by atoms with Gasteiger partial charge in [0.15, 0.2) is 0 Å². The van der Waals surface area contributed by atoms with Crippen molar-refractivity contribution in [2.24, 2.45) is 5.73 Å². The highest BCUT2D eigenvalue weighted by atomic mass is 19.1. The quantitative estimate of drug-likeness (QED) is 0.862. The molecule has 1 aromatic heterocycles. The minimum atomic E-state index is -0.353. The maximum atomic E-state index is 13.6. The van der Waals surface area contributed by atoms with Gasteiger partial charge in [0.1, 0.15) is 17.1 Å². The van der Waals surface area contributed by atoms with E-state index in [4.69, 9.17) is 10.5 Å². The fourth-order valence-corrected chi connectivity index (χ4v) is 1.61. The van der Waals surface area contributed by atoms with Gasteiger partial charge in [-0.3, -0.25) is 0 Å². The van der Waals surface area contributed by atoms with E-state index in [2.05, 4.69) is 4.98 Å². The Morgan fingerprint density at radius 2 is 2.25 bits per heavy atom. The lowest BCUT2D eigenvalue weighted by Crippen LogP contribution is -2.03.